The zero-order chi connectivity index (χ0) is 13.0. The fourth-order valence-corrected chi connectivity index (χ4v) is 1.69. The number of nitrogens with one attached hydrogen (secondary N) is 1. The van der Waals surface area contributed by atoms with Gasteiger partial charge in [0.2, 0.25) is 0 Å². The van der Waals surface area contributed by atoms with Crippen LogP contribution in [-0.4, -0.2) is 4.98 Å². The quantitative estimate of drug-likeness (QED) is 0.897. The molecule has 3 nitrogen and oxygen atoms in total. The topological polar surface area (TPSA) is 48.7 Å². The summed E-state index contributed by atoms with van der Waals surface area (Å²) in [6.45, 7) is 1.93. The van der Waals surface area contributed by atoms with Crippen LogP contribution in [0.25, 0.3) is 0 Å². The molecule has 2 aromatic rings. The molecule has 1 heterocycles. The lowest BCUT2D eigenvalue weighted by Gasteiger charge is -2.14. The third-order valence-corrected chi connectivity index (χ3v) is 2.54. The Bertz CT molecular complexity index is 575. The molecular formula is C14H12FN3. The summed E-state index contributed by atoms with van der Waals surface area (Å²) in [5, 5.41) is 11.9. The first-order valence-corrected chi connectivity index (χ1v) is 5.57. The summed E-state index contributed by atoms with van der Waals surface area (Å²) < 4.78 is 13.3. The summed E-state index contributed by atoms with van der Waals surface area (Å²) >= 11 is 0. The van der Waals surface area contributed by atoms with Crippen LogP contribution in [0.4, 0.5) is 10.1 Å². The van der Waals surface area contributed by atoms with Gasteiger partial charge in [-0.15, -0.1) is 0 Å². The number of rotatable bonds is 3. The van der Waals surface area contributed by atoms with Crippen LogP contribution in [0.2, 0.25) is 0 Å². The zero-order valence-corrected chi connectivity index (χ0v) is 9.89. The maximum Gasteiger partial charge on any atom is 0.126 e. The van der Waals surface area contributed by atoms with E-state index < -0.39 is 5.82 Å². The number of pyridine rings is 1. The first-order chi connectivity index (χ1) is 8.69. The van der Waals surface area contributed by atoms with Gasteiger partial charge in [0.1, 0.15) is 5.82 Å². The molecule has 0 aliphatic rings. The maximum absolute atomic E-state index is 13.3. The van der Waals surface area contributed by atoms with E-state index in [2.05, 4.69) is 10.3 Å². The summed E-state index contributed by atoms with van der Waals surface area (Å²) in [4.78, 5) is 4.22. The summed E-state index contributed by atoms with van der Waals surface area (Å²) in [5.41, 5.74) is 1.73. The van der Waals surface area contributed by atoms with Crippen molar-refractivity contribution in [3.8, 4) is 6.07 Å². The van der Waals surface area contributed by atoms with Crippen molar-refractivity contribution in [1.29, 1.82) is 5.26 Å². The number of benzene rings is 1. The molecule has 0 aliphatic heterocycles. The minimum Gasteiger partial charge on any atom is -0.377 e. The van der Waals surface area contributed by atoms with E-state index >= 15 is 0 Å². The Balaban J connectivity index is 2.20. The van der Waals surface area contributed by atoms with Gasteiger partial charge in [0.25, 0.3) is 0 Å². The van der Waals surface area contributed by atoms with Gasteiger partial charge < -0.3 is 5.32 Å². The average Bonchev–Trinajstić information content (AvgIpc) is 2.39. The van der Waals surface area contributed by atoms with E-state index in [1.165, 1.54) is 12.1 Å². The Hall–Kier alpha value is -2.41. The highest BCUT2D eigenvalue weighted by atomic mass is 19.1. The molecule has 1 unspecified atom stereocenters. The molecular weight excluding hydrogens is 229 g/mol. The van der Waals surface area contributed by atoms with Crippen molar-refractivity contribution in [2.75, 3.05) is 5.32 Å². The molecule has 0 radical (unpaired) electrons. The van der Waals surface area contributed by atoms with E-state index in [1.807, 2.05) is 31.2 Å². The molecule has 90 valence electrons. The fraction of sp³-hybridized carbons (Fsp3) is 0.143. The Morgan fingerprint density at radius 3 is 2.83 bits per heavy atom. The first kappa shape index (κ1) is 12.1. The lowest BCUT2D eigenvalue weighted by atomic mass is 10.1. The van der Waals surface area contributed by atoms with Gasteiger partial charge in [-0.05, 0) is 37.3 Å². The van der Waals surface area contributed by atoms with Crippen LogP contribution in [0, 0.1) is 17.1 Å². The molecule has 0 bridgehead atoms. The molecule has 2 rings (SSSR count). The largest absolute Gasteiger partial charge is 0.377 e. The molecule has 0 saturated carbocycles. The van der Waals surface area contributed by atoms with E-state index in [9.17, 15) is 4.39 Å². The Labute approximate surface area is 105 Å². The summed E-state index contributed by atoms with van der Waals surface area (Å²) in [5.74, 6) is -0.426. The number of nitrogens with zero attached hydrogens (tertiary/aromatic N) is 2. The van der Waals surface area contributed by atoms with E-state index in [4.69, 9.17) is 5.26 Å². The smallest absolute Gasteiger partial charge is 0.126 e. The molecule has 1 N–H and O–H groups in total. The second-order valence-electron chi connectivity index (χ2n) is 3.96. The number of hydrogen-bond donors (Lipinski definition) is 1. The maximum atomic E-state index is 13.3. The van der Waals surface area contributed by atoms with Gasteiger partial charge in [-0.1, -0.05) is 6.07 Å². The first-order valence-electron chi connectivity index (χ1n) is 5.57. The van der Waals surface area contributed by atoms with Crippen molar-refractivity contribution in [3.05, 3.63) is 59.7 Å². The predicted molar refractivity (Wildman–Crippen MR) is 67.4 cm³/mol. The third-order valence-electron chi connectivity index (χ3n) is 2.54. The second kappa shape index (κ2) is 5.28. The molecule has 0 fully saturated rings. The number of hydrogen-bond acceptors (Lipinski definition) is 3. The lowest BCUT2D eigenvalue weighted by molar-refractivity contribution is 0.627. The van der Waals surface area contributed by atoms with Gasteiger partial charge in [0, 0.05) is 11.9 Å². The average molecular weight is 241 g/mol. The lowest BCUT2D eigenvalue weighted by Crippen LogP contribution is -2.08. The molecule has 0 amide bonds. The summed E-state index contributed by atoms with van der Waals surface area (Å²) in [7, 11) is 0. The summed E-state index contributed by atoms with van der Waals surface area (Å²) in [6, 6.07) is 11.7. The molecule has 1 atom stereocenters. The number of aromatic nitrogens is 1. The molecule has 18 heavy (non-hydrogen) atoms. The zero-order valence-electron chi connectivity index (χ0n) is 9.89. The van der Waals surface area contributed by atoms with Crippen LogP contribution < -0.4 is 5.32 Å². The Morgan fingerprint density at radius 2 is 2.17 bits per heavy atom. The van der Waals surface area contributed by atoms with Gasteiger partial charge >= 0.3 is 0 Å². The van der Waals surface area contributed by atoms with Crippen LogP contribution in [0.15, 0.2) is 42.6 Å². The molecule has 0 aliphatic carbocycles. The van der Waals surface area contributed by atoms with Crippen molar-refractivity contribution in [1.82, 2.24) is 4.98 Å². The number of halogens is 1. The van der Waals surface area contributed by atoms with Gasteiger partial charge in [-0.2, -0.15) is 5.26 Å². The van der Waals surface area contributed by atoms with Crippen LogP contribution in [0.1, 0.15) is 24.2 Å². The van der Waals surface area contributed by atoms with Crippen molar-refractivity contribution in [2.45, 2.75) is 13.0 Å². The van der Waals surface area contributed by atoms with Crippen LogP contribution in [-0.2, 0) is 0 Å². The Kier molecular flexibility index (Phi) is 3.54. The van der Waals surface area contributed by atoms with Gasteiger partial charge in [0.05, 0.1) is 23.4 Å². The van der Waals surface area contributed by atoms with Crippen molar-refractivity contribution in [2.24, 2.45) is 0 Å². The van der Waals surface area contributed by atoms with Gasteiger partial charge in [0.15, 0.2) is 0 Å². The highest BCUT2D eigenvalue weighted by molar-refractivity contribution is 5.50. The molecule has 4 heteroatoms. The molecule has 1 aromatic heterocycles. The van der Waals surface area contributed by atoms with Crippen LogP contribution in [0.3, 0.4) is 0 Å². The Morgan fingerprint density at radius 1 is 1.33 bits per heavy atom. The van der Waals surface area contributed by atoms with E-state index in [0.29, 0.717) is 11.3 Å². The van der Waals surface area contributed by atoms with E-state index in [-0.39, 0.29) is 6.04 Å². The van der Waals surface area contributed by atoms with Crippen LogP contribution in [0.5, 0.6) is 0 Å². The number of nitriles is 1. The molecule has 1 aromatic carbocycles. The predicted octanol–water partition coefficient (Wildman–Crippen LogP) is 3.27. The van der Waals surface area contributed by atoms with Crippen molar-refractivity contribution < 1.29 is 4.39 Å². The normalized spacial score (nSPS) is 11.6. The summed E-state index contributed by atoms with van der Waals surface area (Å²) in [6.07, 6.45) is 1.71. The minimum atomic E-state index is -0.426. The molecule has 0 spiro atoms. The minimum absolute atomic E-state index is 0.0560. The highest BCUT2D eigenvalue weighted by Crippen LogP contribution is 2.19. The van der Waals surface area contributed by atoms with E-state index in [0.717, 1.165) is 5.69 Å². The number of anilines is 1. The molecule has 0 saturated heterocycles. The monoisotopic (exact) mass is 241 g/mol. The van der Waals surface area contributed by atoms with Crippen molar-refractivity contribution >= 4 is 5.69 Å². The van der Waals surface area contributed by atoms with Crippen molar-refractivity contribution in [3.63, 3.8) is 0 Å². The second-order valence-corrected chi connectivity index (χ2v) is 3.96. The van der Waals surface area contributed by atoms with Gasteiger partial charge in [-0.25, -0.2) is 4.39 Å². The van der Waals surface area contributed by atoms with E-state index in [1.54, 1.807) is 12.3 Å². The SMILES string of the molecule is CC(Nc1cc(F)cc(C#N)c1)c1ccccn1. The fourth-order valence-electron chi connectivity index (χ4n) is 1.69. The van der Waals surface area contributed by atoms with Crippen LogP contribution >= 0.6 is 0 Å². The third kappa shape index (κ3) is 2.83. The van der Waals surface area contributed by atoms with Gasteiger partial charge in [-0.3, -0.25) is 4.98 Å². The highest BCUT2D eigenvalue weighted by Gasteiger charge is 2.07. The standard InChI is InChI=1S/C14H12FN3/c1-10(14-4-2-3-5-17-14)18-13-7-11(9-16)6-12(15)8-13/h2-8,10,18H,1H3.